The minimum absolute atomic E-state index is 0.543. The third kappa shape index (κ3) is 2.93. The normalized spacial score (nSPS) is 24.9. The number of nitrogens with two attached hydrogens (primary N) is 1. The van der Waals surface area contributed by atoms with Crippen LogP contribution in [-0.4, -0.2) is 23.3 Å². The van der Waals surface area contributed by atoms with E-state index in [0.29, 0.717) is 11.0 Å². The van der Waals surface area contributed by atoms with E-state index in [1.54, 1.807) is 0 Å². The molecule has 1 saturated carbocycles. The highest BCUT2D eigenvalue weighted by atomic mass is 32.2. The molecule has 21 heavy (non-hydrogen) atoms. The zero-order valence-corrected chi connectivity index (χ0v) is 14.3. The van der Waals surface area contributed by atoms with Crippen molar-refractivity contribution in [2.75, 3.05) is 17.2 Å². The van der Waals surface area contributed by atoms with Gasteiger partial charge in [0.05, 0.1) is 0 Å². The first kappa shape index (κ1) is 15.2. The molecule has 1 heterocycles. The number of nitrogens with zero attached hydrogens (tertiary/aromatic N) is 1. The van der Waals surface area contributed by atoms with Gasteiger partial charge in [0.25, 0.3) is 0 Å². The van der Waals surface area contributed by atoms with Crippen molar-refractivity contribution in [1.29, 1.82) is 0 Å². The second kappa shape index (κ2) is 6.57. The van der Waals surface area contributed by atoms with Gasteiger partial charge in [0.1, 0.15) is 4.99 Å². The van der Waals surface area contributed by atoms with Crippen LogP contribution < -0.4 is 10.6 Å². The predicted octanol–water partition coefficient (Wildman–Crippen LogP) is 4.20. The number of fused-ring (bicyclic) bond motifs is 1. The van der Waals surface area contributed by atoms with E-state index in [9.17, 15) is 0 Å². The van der Waals surface area contributed by atoms with Gasteiger partial charge in [-0.3, -0.25) is 0 Å². The third-order valence-electron chi connectivity index (χ3n) is 4.85. The summed E-state index contributed by atoms with van der Waals surface area (Å²) in [4.78, 5) is 4.39. The number of thioether (sulfide) groups is 1. The van der Waals surface area contributed by atoms with Crippen LogP contribution in [-0.2, 0) is 0 Å². The Morgan fingerprint density at radius 1 is 1.33 bits per heavy atom. The van der Waals surface area contributed by atoms with Crippen molar-refractivity contribution in [1.82, 2.24) is 0 Å². The number of rotatable bonds is 4. The van der Waals surface area contributed by atoms with Gasteiger partial charge >= 0.3 is 0 Å². The SMILES string of the molecule is CCSc1cccc(N2CCCC3CCCC32)c1C(N)=S. The van der Waals surface area contributed by atoms with E-state index in [1.807, 2.05) is 11.8 Å². The number of piperidine rings is 1. The van der Waals surface area contributed by atoms with Gasteiger partial charge in [-0.05, 0) is 49.5 Å². The Morgan fingerprint density at radius 2 is 2.14 bits per heavy atom. The fraction of sp³-hybridized carbons (Fsp3) is 0.588. The summed E-state index contributed by atoms with van der Waals surface area (Å²) in [6, 6.07) is 7.24. The zero-order chi connectivity index (χ0) is 14.8. The predicted molar refractivity (Wildman–Crippen MR) is 96.4 cm³/mol. The lowest BCUT2D eigenvalue weighted by Crippen LogP contribution is -2.43. The molecule has 2 aliphatic rings. The second-order valence-corrected chi connectivity index (χ2v) is 7.79. The van der Waals surface area contributed by atoms with E-state index in [1.165, 1.54) is 42.7 Å². The summed E-state index contributed by atoms with van der Waals surface area (Å²) in [5.74, 6) is 1.92. The molecule has 3 rings (SSSR count). The summed E-state index contributed by atoms with van der Waals surface area (Å²) < 4.78 is 0. The molecule has 1 saturated heterocycles. The van der Waals surface area contributed by atoms with E-state index in [-0.39, 0.29) is 0 Å². The first-order valence-electron chi connectivity index (χ1n) is 8.04. The van der Waals surface area contributed by atoms with Crippen molar-refractivity contribution in [3.8, 4) is 0 Å². The van der Waals surface area contributed by atoms with Crippen molar-refractivity contribution < 1.29 is 0 Å². The van der Waals surface area contributed by atoms with Crippen molar-refractivity contribution in [3.63, 3.8) is 0 Å². The highest BCUT2D eigenvalue weighted by Gasteiger charge is 2.36. The van der Waals surface area contributed by atoms with Gasteiger partial charge < -0.3 is 10.6 Å². The highest BCUT2D eigenvalue weighted by molar-refractivity contribution is 7.99. The van der Waals surface area contributed by atoms with E-state index >= 15 is 0 Å². The molecule has 2 fully saturated rings. The molecule has 1 aromatic carbocycles. The molecule has 0 radical (unpaired) electrons. The third-order valence-corrected chi connectivity index (χ3v) is 6.00. The largest absolute Gasteiger partial charge is 0.389 e. The average Bonchev–Trinajstić information content (AvgIpc) is 2.95. The van der Waals surface area contributed by atoms with Crippen molar-refractivity contribution >= 4 is 34.7 Å². The van der Waals surface area contributed by atoms with Crippen LogP contribution in [0.1, 0.15) is 44.6 Å². The summed E-state index contributed by atoms with van der Waals surface area (Å²) in [6.45, 7) is 3.33. The van der Waals surface area contributed by atoms with Crippen LogP contribution >= 0.6 is 24.0 Å². The summed E-state index contributed by atoms with van der Waals surface area (Å²) in [5, 5.41) is 0. The van der Waals surface area contributed by atoms with E-state index in [4.69, 9.17) is 18.0 Å². The maximum Gasteiger partial charge on any atom is 0.107 e. The summed E-state index contributed by atoms with van der Waals surface area (Å²) in [7, 11) is 0. The van der Waals surface area contributed by atoms with E-state index < -0.39 is 0 Å². The molecular weight excluding hydrogens is 296 g/mol. The van der Waals surface area contributed by atoms with E-state index in [0.717, 1.165) is 23.8 Å². The maximum absolute atomic E-state index is 6.08. The molecule has 1 aliphatic heterocycles. The molecule has 2 atom stereocenters. The van der Waals surface area contributed by atoms with Gasteiger partial charge in [0.2, 0.25) is 0 Å². The number of benzene rings is 1. The molecule has 0 amide bonds. The quantitative estimate of drug-likeness (QED) is 0.665. The summed E-state index contributed by atoms with van der Waals surface area (Å²) >= 11 is 7.22. The fourth-order valence-electron chi connectivity index (χ4n) is 4.04. The molecule has 0 aromatic heterocycles. The van der Waals surface area contributed by atoms with Crippen LogP contribution in [0.4, 0.5) is 5.69 Å². The Bertz CT molecular complexity index is 530. The Labute approximate surface area is 137 Å². The van der Waals surface area contributed by atoms with Crippen LogP contribution in [0.5, 0.6) is 0 Å². The molecule has 4 heteroatoms. The van der Waals surface area contributed by atoms with Crippen LogP contribution in [0.25, 0.3) is 0 Å². The molecule has 2 unspecified atom stereocenters. The van der Waals surface area contributed by atoms with Gasteiger partial charge in [0, 0.05) is 28.7 Å². The molecule has 1 aliphatic carbocycles. The standard InChI is InChI=1S/C17H24N2S2/c1-2-21-15-10-4-9-14(16(15)17(18)20)19-11-5-7-12-6-3-8-13(12)19/h4,9-10,12-13H,2-3,5-8,11H2,1H3,(H2,18,20). The highest BCUT2D eigenvalue weighted by Crippen LogP contribution is 2.41. The van der Waals surface area contributed by atoms with Crippen LogP contribution in [0.3, 0.4) is 0 Å². The number of hydrogen-bond acceptors (Lipinski definition) is 3. The van der Waals surface area contributed by atoms with Crippen molar-refractivity contribution in [2.24, 2.45) is 11.7 Å². The van der Waals surface area contributed by atoms with Crippen LogP contribution in [0, 0.1) is 5.92 Å². The van der Waals surface area contributed by atoms with Gasteiger partial charge in [-0.15, -0.1) is 11.8 Å². The Balaban J connectivity index is 2.00. The molecular formula is C17H24N2S2. The monoisotopic (exact) mass is 320 g/mol. The first-order chi connectivity index (χ1) is 10.2. The average molecular weight is 321 g/mol. The topological polar surface area (TPSA) is 29.3 Å². The number of hydrogen-bond donors (Lipinski definition) is 1. The minimum Gasteiger partial charge on any atom is -0.389 e. The van der Waals surface area contributed by atoms with Crippen LogP contribution in [0.15, 0.2) is 23.1 Å². The lowest BCUT2D eigenvalue weighted by atomic mass is 9.91. The summed E-state index contributed by atoms with van der Waals surface area (Å²) in [5.41, 5.74) is 8.46. The second-order valence-electron chi connectivity index (χ2n) is 6.04. The fourth-order valence-corrected chi connectivity index (χ4v) is 5.16. The Hall–Kier alpha value is -0.740. The first-order valence-corrected chi connectivity index (χ1v) is 9.44. The zero-order valence-electron chi connectivity index (χ0n) is 12.7. The molecule has 0 bridgehead atoms. The lowest BCUT2D eigenvalue weighted by Gasteiger charge is -2.40. The lowest BCUT2D eigenvalue weighted by molar-refractivity contribution is 0.362. The molecule has 0 spiro atoms. The molecule has 2 nitrogen and oxygen atoms in total. The molecule has 114 valence electrons. The number of anilines is 1. The van der Waals surface area contributed by atoms with Crippen molar-refractivity contribution in [2.45, 2.75) is 50.0 Å². The minimum atomic E-state index is 0.543. The Kier molecular flexibility index (Phi) is 4.75. The van der Waals surface area contributed by atoms with Crippen molar-refractivity contribution in [3.05, 3.63) is 23.8 Å². The van der Waals surface area contributed by atoms with Gasteiger partial charge in [-0.2, -0.15) is 0 Å². The summed E-state index contributed by atoms with van der Waals surface area (Å²) in [6.07, 6.45) is 6.78. The maximum atomic E-state index is 6.08. The Morgan fingerprint density at radius 3 is 2.90 bits per heavy atom. The smallest absolute Gasteiger partial charge is 0.107 e. The number of thiocarbonyl (C=S) groups is 1. The molecule has 1 aromatic rings. The van der Waals surface area contributed by atoms with Gasteiger partial charge in [-0.1, -0.05) is 31.6 Å². The van der Waals surface area contributed by atoms with E-state index in [2.05, 4.69) is 30.0 Å². The van der Waals surface area contributed by atoms with Gasteiger partial charge in [0.15, 0.2) is 0 Å². The van der Waals surface area contributed by atoms with Crippen LogP contribution in [0.2, 0.25) is 0 Å². The molecule has 2 N–H and O–H groups in total. The van der Waals surface area contributed by atoms with Gasteiger partial charge in [-0.25, -0.2) is 0 Å².